The van der Waals surface area contributed by atoms with Crippen molar-refractivity contribution in [3.05, 3.63) is 18.2 Å². The van der Waals surface area contributed by atoms with Gasteiger partial charge in [-0.3, -0.25) is 0 Å². The average molecular weight is 266 g/mol. The maximum atomic E-state index is 5.79. The van der Waals surface area contributed by atoms with Gasteiger partial charge in [-0.1, -0.05) is 0 Å². The lowest BCUT2D eigenvalue weighted by molar-refractivity contribution is 0.146. The highest BCUT2D eigenvalue weighted by Crippen LogP contribution is 2.32. The fourth-order valence-corrected chi connectivity index (χ4v) is 2.13. The summed E-state index contributed by atoms with van der Waals surface area (Å²) >= 11 is 0. The summed E-state index contributed by atoms with van der Waals surface area (Å²) in [6.07, 6.45) is 0. The molecule has 1 aromatic carbocycles. The van der Waals surface area contributed by atoms with Crippen LogP contribution in [0.3, 0.4) is 0 Å². The third-order valence-corrected chi connectivity index (χ3v) is 3.17. The third-order valence-electron chi connectivity index (χ3n) is 3.17. The highest BCUT2D eigenvalue weighted by molar-refractivity contribution is 5.62. The van der Waals surface area contributed by atoms with Crippen molar-refractivity contribution in [2.45, 2.75) is 0 Å². The lowest BCUT2D eigenvalue weighted by atomic mass is 10.2. The molecule has 0 saturated carbocycles. The van der Waals surface area contributed by atoms with Gasteiger partial charge in [0.15, 0.2) is 0 Å². The van der Waals surface area contributed by atoms with E-state index in [2.05, 4.69) is 10.2 Å². The summed E-state index contributed by atoms with van der Waals surface area (Å²) in [7, 11) is 3.36. The molecule has 0 spiro atoms. The van der Waals surface area contributed by atoms with E-state index in [1.807, 2.05) is 18.2 Å². The molecule has 0 atom stereocenters. The van der Waals surface area contributed by atoms with Crippen LogP contribution in [0.5, 0.6) is 11.5 Å². The summed E-state index contributed by atoms with van der Waals surface area (Å²) in [6, 6.07) is 5.92. The first-order valence-electron chi connectivity index (χ1n) is 6.60. The molecule has 5 heteroatoms. The van der Waals surface area contributed by atoms with Gasteiger partial charge in [0.2, 0.25) is 0 Å². The van der Waals surface area contributed by atoms with Crippen LogP contribution < -0.4 is 19.7 Å². The zero-order chi connectivity index (χ0) is 13.5. The molecule has 0 bridgehead atoms. The highest BCUT2D eigenvalue weighted by Gasteiger charge is 2.16. The van der Waals surface area contributed by atoms with Crippen LogP contribution in [0.2, 0.25) is 0 Å². The topological polar surface area (TPSA) is 43.0 Å². The van der Waals surface area contributed by atoms with Gasteiger partial charge >= 0.3 is 0 Å². The molecular weight excluding hydrogens is 244 g/mol. The summed E-state index contributed by atoms with van der Waals surface area (Å²) in [4.78, 5) is 2.32. The zero-order valence-corrected chi connectivity index (χ0v) is 11.6. The lowest BCUT2D eigenvalue weighted by Gasteiger charge is -2.31. The van der Waals surface area contributed by atoms with Crippen LogP contribution >= 0.6 is 0 Å². The molecule has 1 aliphatic rings. The second-order valence-electron chi connectivity index (χ2n) is 4.41. The number of nitrogens with zero attached hydrogens (tertiary/aromatic N) is 1. The number of benzene rings is 1. The van der Waals surface area contributed by atoms with Gasteiger partial charge in [0.1, 0.15) is 18.1 Å². The third kappa shape index (κ3) is 3.75. The Kier molecular flexibility index (Phi) is 5.30. The van der Waals surface area contributed by atoms with Crippen molar-refractivity contribution in [1.29, 1.82) is 0 Å². The number of piperazine rings is 1. The molecular formula is C14H22N2O3. The van der Waals surface area contributed by atoms with E-state index in [0.717, 1.165) is 43.4 Å². The van der Waals surface area contributed by atoms with Gasteiger partial charge in [0.05, 0.1) is 19.4 Å². The maximum Gasteiger partial charge on any atom is 0.142 e. The minimum Gasteiger partial charge on any atom is -0.497 e. The van der Waals surface area contributed by atoms with Gasteiger partial charge in [0, 0.05) is 39.4 Å². The van der Waals surface area contributed by atoms with Crippen LogP contribution in [0.15, 0.2) is 18.2 Å². The number of hydrogen-bond donors (Lipinski definition) is 1. The Bertz CT molecular complexity index is 392. The Morgan fingerprint density at radius 1 is 1.16 bits per heavy atom. The molecule has 2 rings (SSSR count). The van der Waals surface area contributed by atoms with Crippen LogP contribution in [0.4, 0.5) is 5.69 Å². The molecule has 0 aromatic heterocycles. The van der Waals surface area contributed by atoms with Crippen molar-refractivity contribution in [3.8, 4) is 11.5 Å². The number of anilines is 1. The summed E-state index contributed by atoms with van der Waals surface area (Å²) in [6.45, 7) is 5.10. The predicted molar refractivity (Wildman–Crippen MR) is 75.4 cm³/mol. The van der Waals surface area contributed by atoms with Crippen LogP contribution in [0.25, 0.3) is 0 Å². The van der Waals surface area contributed by atoms with E-state index in [4.69, 9.17) is 14.2 Å². The van der Waals surface area contributed by atoms with Crippen molar-refractivity contribution < 1.29 is 14.2 Å². The standard InChI is InChI=1S/C14H22N2O3/c1-17-9-10-19-14-4-3-12(18-2)11-13(14)16-7-5-15-6-8-16/h3-4,11,15H,5-10H2,1-2H3. The Labute approximate surface area is 114 Å². The summed E-state index contributed by atoms with van der Waals surface area (Å²) in [5, 5.41) is 3.35. The molecule has 1 aromatic rings. The fraction of sp³-hybridized carbons (Fsp3) is 0.571. The van der Waals surface area contributed by atoms with Gasteiger partial charge in [0.25, 0.3) is 0 Å². The monoisotopic (exact) mass is 266 g/mol. The van der Waals surface area contributed by atoms with Crippen molar-refractivity contribution in [2.24, 2.45) is 0 Å². The minimum atomic E-state index is 0.557. The van der Waals surface area contributed by atoms with Crippen LogP contribution in [0.1, 0.15) is 0 Å². The molecule has 19 heavy (non-hydrogen) atoms. The first-order chi connectivity index (χ1) is 9.35. The quantitative estimate of drug-likeness (QED) is 0.782. The average Bonchev–Trinajstić information content (AvgIpc) is 2.48. The van der Waals surface area contributed by atoms with Crippen molar-refractivity contribution in [3.63, 3.8) is 0 Å². The van der Waals surface area contributed by atoms with Crippen molar-refractivity contribution >= 4 is 5.69 Å². The molecule has 0 radical (unpaired) electrons. The van der Waals surface area contributed by atoms with Gasteiger partial charge in [-0.05, 0) is 12.1 Å². The molecule has 1 heterocycles. The number of methoxy groups -OCH3 is 2. The van der Waals surface area contributed by atoms with Gasteiger partial charge < -0.3 is 24.4 Å². The Hall–Kier alpha value is -1.46. The zero-order valence-electron chi connectivity index (χ0n) is 11.6. The molecule has 0 aliphatic carbocycles. The van der Waals surface area contributed by atoms with E-state index >= 15 is 0 Å². The molecule has 0 unspecified atom stereocenters. The predicted octanol–water partition coefficient (Wildman–Crippen LogP) is 1.13. The lowest BCUT2D eigenvalue weighted by Crippen LogP contribution is -2.43. The normalized spacial score (nSPS) is 15.4. The van der Waals surface area contributed by atoms with Gasteiger partial charge in [-0.2, -0.15) is 0 Å². The SMILES string of the molecule is COCCOc1ccc(OC)cc1N1CCNCC1. The van der Waals surface area contributed by atoms with Crippen molar-refractivity contribution in [1.82, 2.24) is 5.32 Å². The number of ether oxygens (including phenoxy) is 3. The molecule has 5 nitrogen and oxygen atoms in total. The van der Waals surface area contributed by atoms with E-state index in [1.165, 1.54) is 0 Å². The Balaban J connectivity index is 2.15. The summed E-state index contributed by atoms with van der Waals surface area (Å²) in [5.74, 6) is 1.74. The largest absolute Gasteiger partial charge is 0.497 e. The Morgan fingerprint density at radius 3 is 2.63 bits per heavy atom. The number of rotatable bonds is 6. The summed E-state index contributed by atoms with van der Waals surface area (Å²) in [5.41, 5.74) is 1.09. The molecule has 1 fully saturated rings. The Morgan fingerprint density at radius 2 is 1.95 bits per heavy atom. The number of hydrogen-bond acceptors (Lipinski definition) is 5. The van der Waals surface area contributed by atoms with Crippen LogP contribution in [-0.2, 0) is 4.74 Å². The molecule has 1 saturated heterocycles. The van der Waals surface area contributed by atoms with Crippen LogP contribution in [0, 0.1) is 0 Å². The van der Waals surface area contributed by atoms with Gasteiger partial charge in [-0.25, -0.2) is 0 Å². The second kappa shape index (κ2) is 7.21. The second-order valence-corrected chi connectivity index (χ2v) is 4.41. The highest BCUT2D eigenvalue weighted by atomic mass is 16.5. The first-order valence-corrected chi connectivity index (χ1v) is 6.60. The molecule has 1 aliphatic heterocycles. The first kappa shape index (κ1) is 14.0. The smallest absolute Gasteiger partial charge is 0.142 e. The van der Waals surface area contributed by atoms with E-state index in [1.54, 1.807) is 14.2 Å². The van der Waals surface area contributed by atoms with E-state index in [-0.39, 0.29) is 0 Å². The van der Waals surface area contributed by atoms with Crippen LogP contribution in [-0.4, -0.2) is 53.6 Å². The van der Waals surface area contributed by atoms with Gasteiger partial charge in [-0.15, -0.1) is 0 Å². The maximum absolute atomic E-state index is 5.79. The molecule has 106 valence electrons. The summed E-state index contributed by atoms with van der Waals surface area (Å²) < 4.78 is 16.1. The molecule has 0 amide bonds. The number of nitrogens with one attached hydrogen (secondary N) is 1. The minimum absolute atomic E-state index is 0.557. The van der Waals surface area contributed by atoms with E-state index < -0.39 is 0 Å². The van der Waals surface area contributed by atoms with E-state index in [9.17, 15) is 0 Å². The molecule has 1 N–H and O–H groups in total. The van der Waals surface area contributed by atoms with Crippen molar-refractivity contribution in [2.75, 3.05) is 58.5 Å². The van der Waals surface area contributed by atoms with E-state index in [0.29, 0.717) is 13.2 Å². The fourth-order valence-electron chi connectivity index (χ4n) is 2.13.